The third-order valence-electron chi connectivity index (χ3n) is 3.07. The Hall–Kier alpha value is -2.14. The van der Waals surface area contributed by atoms with Crippen molar-refractivity contribution in [2.24, 2.45) is 0 Å². The normalized spacial score (nSPS) is 12.3. The van der Waals surface area contributed by atoms with Crippen LogP contribution in [0.15, 0.2) is 30.5 Å². The molecule has 19 heavy (non-hydrogen) atoms. The van der Waals surface area contributed by atoms with Crippen LogP contribution in [0.5, 0.6) is 0 Å². The lowest BCUT2D eigenvalue weighted by Gasteiger charge is -2.16. The fourth-order valence-corrected chi connectivity index (χ4v) is 1.89. The second-order valence-electron chi connectivity index (χ2n) is 4.33. The van der Waals surface area contributed by atoms with Crippen molar-refractivity contribution in [3.05, 3.63) is 36.0 Å². The maximum Gasteiger partial charge on any atom is 0.335 e. The number of rotatable bonds is 5. The van der Waals surface area contributed by atoms with Gasteiger partial charge in [0.1, 0.15) is 5.82 Å². The van der Waals surface area contributed by atoms with Gasteiger partial charge in [0, 0.05) is 11.6 Å². The molecule has 1 unspecified atom stereocenters. The largest absolute Gasteiger partial charge is 0.478 e. The predicted molar refractivity (Wildman–Crippen MR) is 73.5 cm³/mol. The number of benzene rings is 1. The van der Waals surface area contributed by atoms with Crippen molar-refractivity contribution in [1.29, 1.82) is 0 Å². The van der Waals surface area contributed by atoms with E-state index in [0.29, 0.717) is 5.82 Å². The Morgan fingerprint density at radius 3 is 2.84 bits per heavy atom. The smallest absolute Gasteiger partial charge is 0.335 e. The number of hydrogen-bond acceptors (Lipinski definition) is 4. The Morgan fingerprint density at radius 1 is 1.42 bits per heavy atom. The summed E-state index contributed by atoms with van der Waals surface area (Å²) in [6.07, 6.45) is 2.42. The average molecular weight is 260 g/mol. The number of nitrogens with one attached hydrogen (secondary N) is 1. The molecule has 0 fully saturated rings. The fourth-order valence-electron chi connectivity index (χ4n) is 1.89. The van der Waals surface area contributed by atoms with Gasteiger partial charge in [-0.1, -0.05) is 13.0 Å². The van der Waals surface area contributed by atoms with E-state index in [4.69, 9.17) is 5.11 Å². The van der Waals surface area contributed by atoms with Crippen LogP contribution in [0.25, 0.3) is 10.8 Å². The first-order valence-corrected chi connectivity index (χ1v) is 6.15. The van der Waals surface area contributed by atoms with Crippen molar-refractivity contribution in [3.63, 3.8) is 0 Å². The van der Waals surface area contributed by atoms with Gasteiger partial charge >= 0.3 is 5.97 Å². The van der Waals surface area contributed by atoms with Crippen LogP contribution in [-0.4, -0.2) is 33.8 Å². The van der Waals surface area contributed by atoms with E-state index in [-0.39, 0.29) is 18.2 Å². The van der Waals surface area contributed by atoms with Gasteiger partial charge in [-0.05, 0) is 30.0 Å². The van der Waals surface area contributed by atoms with Gasteiger partial charge < -0.3 is 15.5 Å². The summed E-state index contributed by atoms with van der Waals surface area (Å²) >= 11 is 0. The third kappa shape index (κ3) is 2.82. The van der Waals surface area contributed by atoms with Crippen molar-refractivity contribution in [2.75, 3.05) is 11.9 Å². The molecule has 2 aromatic rings. The molecule has 0 aliphatic carbocycles. The third-order valence-corrected chi connectivity index (χ3v) is 3.07. The molecule has 5 nitrogen and oxygen atoms in total. The summed E-state index contributed by atoms with van der Waals surface area (Å²) in [5, 5.41) is 23.0. The van der Waals surface area contributed by atoms with Crippen molar-refractivity contribution in [2.45, 2.75) is 19.4 Å². The number of carboxylic acids is 1. The second-order valence-corrected chi connectivity index (χ2v) is 4.33. The highest BCUT2D eigenvalue weighted by atomic mass is 16.4. The van der Waals surface area contributed by atoms with Gasteiger partial charge in [-0.2, -0.15) is 0 Å². The molecule has 0 aliphatic heterocycles. The van der Waals surface area contributed by atoms with Gasteiger partial charge in [0.05, 0.1) is 18.2 Å². The Balaban J connectivity index is 2.47. The minimum atomic E-state index is -0.967. The number of aromatic carboxylic acids is 1. The molecule has 0 spiro atoms. The van der Waals surface area contributed by atoms with Crippen LogP contribution in [0.3, 0.4) is 0 Å². The van der Waals surface area contributed by atoms with Gasteiger partial charge in [0.2, 0.25) is 0 Å². The van der Waals surface area contributed by atoms with Crippen LogP contribution < -0.4 is 5.32 Å². The highest BCUT2D eigenvalue weighted by molar-refractivity contribution is 5.98. The molecular weight excluding hydrogens is 244 g/mol. The zero-order chi connectivity index (χ0) is 13.8. The molecular formula is C14H16N2O3. The first-order chi connectivity index (χ1) is 9.15. The zero-order valence-electron chi connectivity index (χ0n) is 10.6. The molecule has 0 saturated heterocycles. The van der Waals surface area contributed by atoms with E-state index in [2.05, 4.69) is 10.3 Å². The molecule has 0 amide bonds. The molecule has 3 N–H and O–H groups in total. The molecule has 100 valence electrons. The number of aromatic nitrogens is 1. The van der Waals surface area contributed by atoms with Crippen molar-refractivity contribution in [1.82, 2.24) is 4.98 Å². The van der Waals surface area contributed by atoms with Gasteiger partial charge in [-0.15, -0.1) is 0 Å². The van der Waals surface area contributed by atoms with Crippen molar-refractivity contribution < 1.29 is 15.0 Å². The Labute approximate surface area is 110 Å². The Kier molecular flexibility index (Phi) is 3.97. The lowest BCUT2D eigenvalue weighted by molar-refractivity contribution is 0.0697. The van der Waals surface area contributed by atoms with E-state index in [1.54, 1.807) is 24.4 Å². The zero-order valence-corrected chi connectivity index (χ0v) is 10.6. The molecule has 2 rings (SSSR count). The van der Waals surface area contributed by atoms with E-state index >= 15 is 0 Å². The molecule has 0 bridgehead atoms. The SMILES string of the molecule is CCC(CO)Nc1nccc2ccc(C(=O)O)cc12. The van der Waals surface area contributed by atoms with E-state index in [0.717, 1.165) is 17.2 Å². The van der Waals surface area contributed by atoms with Crippen LogP contribution in [0.4, 0.5) is 5.82 Å². The molecule has 5 heteroatoms. The summed E-state index contributed by atoms with van der Waals surface area (Å²) < 4.78 is 0. The maximum absolute atomic E-state index is 11.0. The number of pyridine rings is 1. The van der Waals surface area contributed by atoms with Crippen LogP contribution in [-0.2, 0) is 0 Å². The van der Waals surface area contributed by atoms with E-state index < -0.39 is 5.97 Å². The number of fused-ring (bicyclic) bond motifs is 1. The summed E-state index contributed by atoms with van der Waals surface area (Å²) in [5.41, 5.74) is 0.223. The summed E-state index contributed by atoms with van der Waals surface area (Å²) in [6.45, 7) is 1.97. The van der Waals surface area contributed by atoms with Gasteiger partial charge in [-0.3, -0.25) is 0 Å². The van der Waals surface area contributed by atoms with Crippen LogP contribution in [0.1, 0.15) is 23.7 Å². The van der Waals surface area contributed by atoms with E-state index in [1.165, 1.54) is 0 Å². The first kappa shape index (κ1) is 13.3. The molecule has 1 atom stereocenters. The number of anilines is 1. The molecule has 0 aliphatic rings. The van der Waals surface area contributed by atoms with Gasteiger partial charge in [0.25, 0.3) is 0 Å². The average Bonchev–Trinajstić information content (AvgIpc) is 2.44. The number of aliphatic hydroxyl groups is 1. The number of nitrogens with zero attached hydrogens (tertiary/aromatic N) is 1. The first-order valence-electron chi connectivity index (χ1n) is 6.15. The topological polar surface area (TPSA) is 82.5 Å². The van der Waals surface area contributed by atoms with Crippen molar-refractivity contribution in [3.8, 4) is 0 Å². The quantitative estimate of drug-likeness (QED) is 0.767. The number of carboxylic acid groups (broad SMARTS) is 1. The maximum atomic E-state index is 11.0. The van der Waals surface area contributed by atoms with Crippen LogP contribution in [0, 0.1) is 0 Å². The summed E-state index contributed by atoms with van der Waals surface area (Å²) in [5.74, 6) is -0.368. The molecule has 0 saturated carbocycles. The molecule has 1 heterocycles. The fraction of sp³-hybridized carbons (Fsp3) is 0.286. The standard InChI is InChI=1S/C14H16N2O3/c1-2-11(8-17)16-13-12-7-10(14(18)19)4-3-9(12)5-6-15-13/h3-7,11,17H,2,8H2,1H3,(H,15,16)(H,18,19). The Bertz CT molecular complexity index is 594. The highest BCUT2D eigenvalue weighted by Gasteiger charge is 2.10. The summed E-state index contributed by atoms with van der Waals surface area (Å²) in [7, 11) is 0. The molecule has 1 aromatic heterocycles. The predicted octanol–water partition coefficient (Wildman–Crippen LogP) is 2.12. The van der Waals surface area contributed by atoms with E-state index in [1.807, 2.05) is 13.0 Å². The van der Waals surface area contributed by atoms with Crippen molar-refractivity contribution >= 4 is 22.6 Å². The number of aliphatic hydroxyl groups excluding tert-OH is 1. The molecule has 1 aromatic carbocycles. The summed E-state index contributed by atoms with van der Waals surface area (Å²) in [6, 6.07) is 6.65. The van der Waals surface area contributed by atoms with Gasteiger partial charge in [-0.25, -0.2) is 9.78 Å². The monoisotopic (exact) mass is 260 g/mol. The van der Waals surface area contributed by atoms with Gasteiger partial charge in [0.15, 0.2) is 0 Å². The minimum Gasteiger partial charge on any atom is -0.478 e. The van der Waals surface area contributed by atoms with Crippen LogP contribution >= 0.6 is 0 Å². The summed E-state index contributed by atoms with van der Waals surface area (Å²) in [4.78, 5) is 15.2. The lowest BCUT2D eigenvalue weighted by Crippen LogP contribution is -2.23. The highest BCUT2D eigenvalue weighted by Crippen LogP contribution is 2.23. The van der Waals surface area contributed by atoms with E-state index in [9.17, 15) is 9.90 Å². The lowest BCUT2D eigenvalue weighted by atomic mass is 10.1. The van der Waals surface area contributed by atoms with Crippen LogP contribution in [0.2, 0.25) is 0 Å². The molecule has 0 radical (unpaired) electrons. The Morgan fingerprint density at radius 2 is 2.21 bits per heavy atom. The minimum absolute atomic E-state index is 0.00713. The number of hydrogen-bond donors (Lipinski definition) is 3. The second kappa shape index (κ2) is 5.67. The number of carbonyl (C=O) groups is 1.